The Hall–Kier alpha value is -2.04. The zero-order valence-corrected chi connectivity index (χ0v) is 13.4. The van der Waals surface area contributed by atoms with E-state index in [0.717, 1.165) is 5.56 Å². The Morgan fingerprint density at radius 2 is 2.00 bits per heavy atom. The lowest BCUT2D eigenvalue weighted by molar-refractivity contribution is -0.137. The van der Waals surface area contributed by atoms with Crippen LogP contribution in [0, 0.1) is 6.92 Å². The van der Waals surface area contributed by atoms with Gasteiger partial charge in [0.2, 0.25) is 0 Å². The average molecular weight is 292 g/mol. The van der Waals surface area contributed by atoms with Gasteiger partial charge in [0.15, 0.2) is 6.10 Å². The zero-order valence-electron chi connectivity index (χ0n) is 13.4. The van der Waals surface area contributed by atoms with E-state index in [9.17, 15) is 4.79 Å². The second-order valence-corrected chi connectivity index (χ2v) is 4.96. The van der Waals surface area contributed by atoms with E-state index in [0.29, 0.717) is 30.1 Å². The molecular formula is C16H24N2O3. The Balaban J connectivity index is 3.01. The lowest BCUT2D eigenvalue weighted by Gasteiger charge is -2.24. The van der Waals surface area contributed by atoms with Crippen molar-refractivity contribution in [3.63, 3.8) is 0 Å². The van der Waals surface area contributed by atoms with Gasteiger partial charge in [0.1, 0.15) is 5.75 Å². The van der Waals surface area contributed by atoms with Crippen molar-refractivity contribution in [2.45, 2.75) is 40.7 Å². The Morgan fingerprint density at radius 3 is 2.52 bits per heavy atom. The molecule has 0 radical (unpaired) electrons. The minimum Gasteiger partial charge on any atom is -0.480 e. The zero-order chi connectivity index (χ0) is 16.0. The molecule has 1 amide bonds. The summed E-state index contributed by atoms with van der Waals surface area (Å²) in [7, 11) is 0. The van der Waals surface area contributed by atoms with Gasteiger partial charge in [-0.1, -0.05) is 11.2 Å². The first-order valence-corrected chi connectivity index (χ1v) is 7.19. The van der Waals surface area contributed by atoms with E-state index in [1.165, 1.54) is 0 Å². The maximum Gasteiger partial charge on any atom is 0.263 e. The van der Waals surface area contributed by atoms with Gasteiger partial charge in [-0.05, 0) is 52.3 Å². The Kier molecular flexibility index (Phi) is 6.21. The molecular weight excluding hydrogens is 268 g/mol. The lowest BCUT2D eigenvalue weighted by atomic mass is 10.1. The van der Waals surface area contributed by atoms with Crippen molar-refractivity contribution in [3.05, 3.63) is 29.3 Å². The molecule has 0 aliphatic carbocycles. The molecule has 0 bridgehead atoms. The molecule has 21 heavy (non-hydrogen) atoms. The van der Waals surface area contributed by atoms with Gasteiger partial charge in [0.05, 0.1) is 5.71 Å². The van der Waals surface area contributed by atoms with Gasteiger partial charge in [0, 0.05) is 18.7 Å². The third-order valence-electron chi connectivity index (χ3n) is 3.40. The molecule has 0 aliphatic heterocycles. The van der Waals surface area contributed by atoms with Crippen LogP contribution >= 0.6 is 0 Å². The first-order valence-electron chi connectivity index (χ1n) is 7.19. The molecule has 116 valence electrons. The van der Waals surface area contributed by atoms with Crippen LogP contribution in [0.4, 0.5) is 0 Å². The van der Waals surface area contributed by atoms with Gasteiger partial charge in [-0.15, -0.1) is 0 Å². The first-order chi connectivity index (χ1) is 9.94. The summed E-state index contributed by atoms with van der Waals surface area (Å²) in [6.07, 6.45) is -0.586. The topological polar surface area (TPSA) is 62.1 Å². The van der Waals surface area contributed by atoms with Gasteiger partial charge < -0.3 is 14.8 Å². The van der Waals surface area contributed by atoms with Crippen LogP contribution in [0.2, 0.25) is 0 Å². The molecule has 1 unspecified atom stereocenters. The molecule has 0 aliphatic rings. The standard InChI is InChI=1S/C16H24N2O3/c1-6-18(7-2)16(19)13(5)21-15-10-11(3)8-9-14(15)12(4)17-20/h8-10,13,20H,6-7H2,1-5H3. The molecule has 0 fully saturated rings. The minimum atomic E-state index is -0.586. The Morgan fingerprint density at radius 1 is 1.38 bits per heavy atom. The third kappa shape index (κ3) is 4.21. The highest BCUT2D eigenvalue weighted by molar-refractivity contribution is 6.00. The summed E-state index contributed by atoms with van der Waals surface area (Å²) >= 11 is 0. The van der Waals surface area contributed by atoms with Gasteiger partial charge >= 0.3 is 0 Å². The molecule has 1 rings (SSSR count). The molecule has 0 saturated heterocycles. The minimum absolute atomic E-state index is 0.0500. The number of ether oxygens (including phenoxy) is 1. The number of carbonyl (C=O) groups excluding carboxylic acids is 1. The SMILES string of the molecule is CCN(CC)C(=O)C(C)Oc1cc(C)ccc1C(C)=NO. The normalized spacial score (nSPS) is 12.9. The number of hydrogen-bond donors (Lipinski definition) is 1. The van der Waals surface area contributed by atoms with E-state index in [-0.39, 0.29) is 5.91 Å². The summed E-state index contributed by atoms with van der Waals surface area (Å²) < 4.78 is 5.81. The fraction of sp³-hybridized carbons (Fsp3) is 0.500. The van der Waals surface area contributed by atoms with Crippen LogP contribution in [-0.2, 0) is 4.79 Å². The average Bonchev–Trinajstić information content (AvgIpc) is 2.47. The van der Waals surface area contributed by atoms with Crippen LogP contribution in [0.15, 0.2) is 23.4 Å². The molecule has 1 aromatic carbocycles. The largest absolute Gasteiger partial charge is 0.480 e. The number of rotatable bonds is 6. The lowest BCUT2D eigenvalue weighted by Crippen LogP contribution is -2.40. The van der Waals surface area contributed by atoms with Crippen LogP contribution in [0.3, 0.4) is 0 Å². The van der Waals surface area contributed by atoms with Crippen molar-refractivity contribution in [1.82, 2.24) is 4.90 Å². The van der Waals surface area contributed by atoms with Crippen molar-refractivity contribution < 1.29 is 14.7 Å². The molecule has 0 aromatic heterocycles. The van der Waals surface area contributed by atoms with E-state index >= 15 is 0 Å². The smallest absolute Gasteiger partial charge is 0.263 e. The highest BCUT2D eigenvalue weighted by Crippen LogP contribution is 2.23. The fourth-order valence-electron chi connectivity index (χ4n) is 2.11. The first kappa shape index (κ1) is 17.0. The van der Waals surface area contributed by atoms with Gasteiger partial charge in [-0.2, -0.15) is 0 Å². The number of aryl methyl sites for hydroxylation is 1. The predicted molar refractivity (Wildman–Crippen MR) is 83.2 cm³/mol. The molecule has 1 aromatic rings. The van der Waals surface area contributed by atoms with Crippen molar-refractivity contribution in [1.29, 1.82) is 0 Å². The monoisotopic (exact) mass is 292 g/mol. The number of amides is 1. The summed E-state index contributed by atoms with van der Waals surface area (Å²) in [6.45, 7) is 10.6. The number of nitrogens with zero attached hydrogens (tertiary/aromatic N) is 2. The van der Waals surface area contributed by atoms with Crippen molar-refractivity contribution in [2.24, 2.45) is 5.16 Å². The fourth-order valence-corrected chi connectivity index (χ4v) is 2.11. The van der Waals surface area contributed by atoms with E-state index < -0.39 is 6.10 Å². The number of hydrogen-bond acceptors (Lipinski definition) is 4. The van der Waals surface area contributed by atoms with Gasteiger partial charge in [-0.3, -0.25) is 4.79 Å². The maximum atomic E-state index is 12.3. The van der Waals surface area contributed by atoms with Crippen molar-refractivity contribution >= 4 is 11.6 Å². The number of oxime groups is 1. The highest BCUT2D eigenvalue weighted by Gasteiger charge is 2.21. The molecule has 0 spiro atoms. The summed E-state index contributed by atoms with van der Waals surface area (Å²) in [5.74, 6) is 0.504. The maximum absolute atomic E-state index is 12.3. The van der Waals surface area contributed by atoms with E-state index in [1.807, 2.05) is 39.0 Å². The third-order valence-corrected chi connectivity index (χ3v) is 3.40. The van der Waals surface area contributed by atoms with Gasteiger partial charge in [-0.25, -0.2) is 0 Å². The number of benzene rings is 1. The van der Waals surface area contributed by atoms with Crippen molar-refractivity contribution in [2.75, 3.05) is 13.1 Å². The summed E-state index contributed by atoms with van der Waals surface area (Å²) in [5, 5.41) is 12.2. The van der Waals surface area contributed by atoms with E-state index in [2.05, 4.69) is 5.16 Å². The molecule has 1 N–H and O–H groups in total. The molecule has 5 heteroatoms. The second kappa shape index (κ2) is 7.67. The molecule has 0 saturated carbocycles. The molecule has 1 atom stereocenters. The Bertz CT molecular complexity index is 522. The number of likely N-dealkylation sites (N-methyl/N-ethyl adjacent to an activating group) is 1. The van der Waals surface area contributed by atoms with Crippen LogP contribution in [0.5, 0.6) is 5.75 Å². The van der Waals surface area contributed by atoms with Gasteiger partial charge in [0.25, 0.3) is 5.91 Å². The van der Waals surface area contributed by atoms with Crippen LogP contribution in [0.25, 0.3) is 0 Å². The highest BCUT2D eigenvalue weighted by atomic mass is 16.5. The van der Waals surface area contributed by atoms with E-state index in [4.69, 9.17) is 9.94 Å². The molecule has 0 heterocycles. The Labute approximate surface area is 126 Å². The van der Waals surface area contributed by atoms with Crippen LogP contribution in [0.1, 0.15) is 38.8 Å². The van der Waals surface area contributed by atoms with Crippen LogP contribution in [-0.4, -0.2) is 40.9 Å². The quantitative estimate of drug-likeness (QED) is 0.498. The van der Waals surface area contributed by atoms with Crippen molar-refractivity contribution in [3.8, 4) is 5.75 Å². The summed E-state index contributed by atoms with van der Waals surface area (Å²) in [6, 6.07) is 5.58. The second-order valence-electron chi connectivity index (χ2n) is 4.96. The number of carbonyl (C=O) groups is 1. The summed E-state index contributed by atoms with van der Waals surface area (Å²) in [5.41, 5.74) is 2.15. The van der Waals surface area contributed by atoms with E-state index in [1.54, 1.807) is 18.7 Å². The predicted octanol–water partition coefficient (Wildman–Crippen LogP) is 2.83. The van der Waals surface area contributed by atoms with Crippen LogP contribution < -0.4 is 4.74 Å². The summed E-state index contributed by atoms with van der Waals surface area (Å²) in [4.78, 5) is 14.0. The molecule has 5 nitrogen and oxygen atoms in total.